The Kier molecular flexibility index (Phi) is 5.98. The van der Waals surface area contributed by atoms with Gasteiger partial charge in [-0.2, -0.15) is 8.42 Å². The molecule has 6 heteroatoms. The first-order valence-electron chi connectivity index (χ1n) is 1.66. The van der Waals surface area contributed by atoms with Crippen molar-refractivity contribution in [2.24, 2.45) is 5.73 Å². The first-order chi connectivity index (χ1) is 2.94. The van der Waals surface area contributed by atoms with E-state index in [0.29, 0.717) is 0 Å². The second-order valence-corrected chi connectivity index (χ2v) is 2.99. The minimum atomic E-state index is -3.96. The van der Waals surface area contributed by atoms with Gasteiger partial charge in [-0.05, 0) is 6.92 Å². The van der Waals surface area contributed by atoms with Crippen LogP contribution >= 0.6 is 0 Å². The van der Waals surface area contributed by atoms with E-state index in [4.69, 9.17) is 10.3 Å². The normalized spacial score (nSPS) is 14.4. The Hall–Kier alpha value is 1.13. The molecule has 0 spiro atoms. The van der Waals surface area contributed by atoms with Gasteiger partial charge in [-0.1, -0.05) is 0 Å². The number of hydrogen-bond acceptors (Lipinski definition) is 3. The van der Waals surface area contributed by atoms with Crippen LogP contribution in [0.15, 0.2) is 0 Å². The monoisotopic (exact) mass is 167 g/mol. The van der Waals surface area contributed by atoms with Crippen LogP contribution in [0.4, 0.5) is 0 Å². The van der Waals surface area contributed by atoms with Gasteiger partial charge < -0.3 is 8.59 Å². The quantitative estimate of drug-likeness (QED) is 0.388. The van der Waals surface area contributed by atoms with Gasteiger partial charge in [-0.3, -0.25) is 4.55 Å². The molecule has 0 fully saturated rings. The molecule has 0 saturated carbocycles. The Balaban J connectivity index is -0.0000000600. The van der Waals surface area contributed by atoms with Crippen LogP contribution in [0.5, 0.6) is 0 Å². The maximum absolute atomic E-state index is 9.76. The van der Waals surface area contributed by atoms with Crippen LogP contribution in [0.2, 0.25) is 0 Å². The molecular weight excluding hydrogens is 158 g/mol. The third-order valence-electron chi connectivity index (χ3n) is 0.470. The Bertz CT molecular complexity index is 147. The molecule has 1 atom stereocenters. The largest absolute Gasteiger partial charge is 2.00 e. The first kappa shape index (κ1) is 11.9. The summed E-state index contributed by atoms with van der Waals surface area (Å²) in [5.41, 5.74) is 4.73. The van der Waals surface area contributed by atoms with Crippen molar-refractivity contribution in [2.45, 2.75) is 12.3 Å². The van der Waals surface area contributed by atoms with Gasteiger partial charge in [0.2, 0.25) is 0 Å². The van der Waals surface area contributed by atoms with Gasteiger partial charge in [0, 0.05) is 0 Å². The zero-order valence-corrected chi connectivity index (χ0v) is 7.56. The molecule has 0 radical (unpaired) electrons. The van der Waals surface area contributed by atoms with E-state index in [1.54, 1.807) is 0 Å². The molecule has 0 bridgehead atoms. The van der Waals surface area contributed by atoms with Gasteiger partial charge >= 0.3 is 37.7 Å². The Morgan fingerprint density at radius 2 is 1.88 bits per heavy atom. The van der Waals surface area contributed by atoms with Crippen LogP contribution in [0, 0.1) is 0 Å². The fraction of sp³-hybridized carbons (Fsp3) is 1.00. The predicted octanol–water partition coefficient (Wildman–Crippen LogP) is -0.977. The van der Waals surface area contributed by atoms with E-state index in [1.807, 2.05) is 0 Å². The standard InChI is InChI=1S/C2H7NO3S.Ca.2H/c1-2(3)7(4,5)6;;;/h2H,3H2,1H3,(H,4,5,6);;;/q;+2;2*-1. The minimum absolute atomic E-state index is 0. The van der Waals surface area contributed by atoms with Gasteiger partial charge in [0.05, 0.1) is 0 Å². The van der Waals surface area contributed by atoms with Gasteiger partial charge in [0.1, 0.15) is 5.37 Å². The van der Waals surface area contributed by atoms with Crippen LogP contribution in [0.25, 0.3) is 0 Å². The Morgan fingerprint density at radius 3 is 1.88 bits per heavy atom. The summed E-state index contributed by atoms with van der Waals surface area (Å²) in [4.78, 5) is 0. The smallest absolute Gasteiger partial charge is 1.00 e. The maximum Gasteiger partial charge on any atom is 2.00 e. The molecule has 48 valence electrons. The SMILES string of the molecule is CC(N)S(=O)(=O)O.[Ca+2].[H-].[H-]. The van der Waals surface area contributed by atoms with E-state index in [9.17, 15) is 8.42 Å². The van der Waals surface area contributed by atoms with Gasteiger partial charge in [0.25, 0.3) is 10.1 Å². The summed E-state index contributed by atoms with van der Waals surface area (Å²) in [6.07, 6.45) is 0. The summed E-state index contributed by atoms with van der Waals surface area (Å²) in [5.74, 6) is 0. The topological polar surface area (TPSA) is 80.4 Å². The predicted molar refractivity (Wildman–Crippen MR) is 33.2 cm³/mol. The minimum Gasteiger partial charge on any atom is -1.00 e. The van der Waals surface area contributed by atoms with Gasteiger partial charge in [-0.15, -0.1) is 0 Å². The van der Waals surface area contributed by atoms with Crippen LogP contribution in [0.1, 0.15) is 9.78 Å². The molecule has 0 amide bonds. The molecule has 4 nitrogen and oxygen atoms in total. The molecule has 0 aliphatic heterocycles. The van der Waals surface area contributed by atoms with Crippen molar-refractivity contribution >= 4 is 47.9 Å². The van der Waals surface area contributed by atoms with Gasteiger partial charge in [0.15, 0.2) is 0 Å². The molecule has 0 aromatic heterocycles. The van der Waals surface area contributed by atoms with E-state index in [2.05, 4.69) is 0 Å². The molecule has 1 unspecified atom stereocenters. The Morgan fingerprint density at radius 1 is 1.75 bits per heavy atom. The number of hydrogen-bond donors (Lipinski definition) is 2. The van der Waals surface area contributed by atoms with Crippen molar-refractivity contribution in [3.63, 3.8) is 0 Å². The van der Waals surface area contributed by atoms with Crippen molar-refractivity contribution in [1.29, 1.82) is 0 Å². The fourth-order valence-corrected chi connectivity index (χ4v) is 0. The molecule has 8 heavy (non-hydrogen) atoms. The van der Waals surface area contributed by atoms with Crippen molar-refractivity contribution < 1.29 is 15.8 Å². The van der Waals surface area contributed by atoms with Crippen molar-refractivity contribution in [2.75, 3.05) is 0 Å². The summed E-state index contributed by atoms with van der Waals surface area (Å²) in [5, 5.41) is -1.17. The van der Waals surface area contributed by atoms with Crippen molar-refractivity contribution in [3.8, 4) is 0 Å². The van der Waals surface area contributed by atoms with Crippen molar-refractivity contribution in [3.05, 3.63) is 0 Å². The molecule has 3 N–H and O–H groups in total. The van der Waals surface area contributed by atoms with E-state index in [0.717, 1.165) is 0 Å². The zero-order chi connectivity index (χ0) is 6.08. The maximum atomic E-state index is 9.76. The molecular formula is C2H9CaNO3S. The number of rotatable bonds is 1. The second-order valence-electron chi connectivity index (χ2n) is 1.22. The molecule has 0 heterocycles. The molecule has 0 aliphatic carbocycles. The summed E-state index contributed by atoms with van der Waals surface area (Å²) in [6.45, 7) is 1.19. The van der Waals surface area contributed by atoms with E-state index >= 15 is 0 Å². The van der Waals surface area contributed by atoms with Crippen molar-refractivity contribution in [1.82, 2.24) is 0 Å². The van der Waals surface area contributed by atoms with Crippen LogP contribution in [0.3, 0.4) is 0 Å². The molecule has 0 aromatic carbocycles. The molecule has 0 saturated heterocycles. The third kappa shape index (κ3) is 5.27. The molecule has 0 aliphatic rings. The van der Waals surface area contributed by atoms with E-state index < -0.39 is 15.5 Å². The first-order valence-corrected chi connectivity index (χ1v) is 3.17. The second kappa shape index (κ2) is 4.03. The fourth-order valence-electron chi connectivity index (χ4n) is 0. The van der Waals surface area contributed by atoms with Gasteiger partial charge in [-0.25, -0.2) is 0 Å². The summed E-state index contributed by atoms with van der Waals surface area (Å²) in [7, 11) is -3.96. The molecule has 0 rings (SSSR count). The summed E-state index contributed by atoms with van der Waals surface area (Å²) < 4.78 is 27.5. The average Bonchev–Trinajstić information content (AvgIpc) is 1.31. The van der Waals surface area contributed by atoms with Crippen LogP contribution in [-0.4, -0.2) is 56.1 Å². The zero-order valence-electron chi connectivity index (χ0n) is 6.53. The number of nitrogens with two attached hydrogens (primary N) is 1. The van der Waals surface area contributed by atoms with Crippen LogP contribution in [-0.2, 0) is 10.1 Å². The average molecular weight is 167 g/mol. The van der Waals surface area contributed by atoms with Crippen LogP contribution < -0.4 is 5.73 Å². The summed E-state index contributed by atoms with van der Waals surface area (Å²) >= 11 is 0. The Labute approximate surface area is 81.2 Å². The van der Waals surface area contributed by atoms with E-state index in [1.165, 1.54) is 6.92 Å². The summed E-state index contributed by atoms with van der Waals surface area (Å²) in [6, 6.07) is 0. The van der Waals surface area contributed by atoms with E-state index in [-0.39, 0.29) is 40.6 Å². The molecule has 0 aromatic rings. The third-order valence-corrected chi connectivity index (χ3v) is 1.41.